The molecule has 62 heavy (non-hydrogen) atoms. The third-order valence-corrected chi connectivity index (χ3v) is 13.8. The summed E-state index contributed by atoms with van der Waals surface area (Å²) < 4.78 is 7.38. The molecule has 0 unspecified atom stereocenters. The van der Waals surface area contributed by atoms with E-state index < -0.39 is 0 Å². The number of hydrogen-bond donors (Lipinski definition) is 0. The fourth-order valence-electron chi connectivity index (χ4n) is 10.0. The van der Waals surface area contributed by atoms with Gasteiger partial charge in [0.25, 0.3) is 0 Å². The van der Waals surface area contributed by atoms with Gasteiger partial charge in [-0.3, -0.25) is 0 Å². The van der Waals surface area contributed by atoms with E-state index in [2.05, 4.69) is 238 Å². The molecule has 0 N–H and O–H groups in total. The van der Waals surface area contributed by atoms with Crippen molar-refractivity contribution in [3.05, 3.63) is 224 Å². The lowest BCUT2D eigenvalue weighted by Crippen LogP contribution is -2.11. The van der Waals surface area contributed by atoms with Crippen molar-refractivity contribution < 1.29 is 0 Å². The number of hydrogen-bond acceptors (Lipinski definition) is 2. The van der Waals surface area contributed by atoms with Gasteiger partial charge in [0.05, 0.1) is 33.4 Å². The molecule has 0 radical (unpaired) electrons. The molecule has 13 rings (SSSR count). The van der Waals surface area contributed by atoms with Gasteiger partial charge in [0.15, 0.2) is 0 Å². The zero-order valence-electron chi connectivity index (χ0n) is 33.6. The standard InChI is InChI=1S/C58H37N3S/c1-2-15-41(16-3-1)59-49-22-10-7-19-46(49)57-50(59)23-12-24-51(57)61(52-25-13-27-55-58(52)47-20-8-11-26-54(47)62-55)43-35-30-39(31-36-43)38-28-33-42(34-29-38)60-48-21-9-6-18-45(48)56-44-17-5-4-14-40(44)32-37-53(56)60/h1-37H. The largest absolute Gasteiger partial charge is 0.309 e. The first-order chi connectivity index (χ1) is 30.8. The first-order valence-corrected chi connectivity index (χ1v) is 22.0. The van der Waals surface area contributed by atoms with Crippen molar-refractivity contribution in [2.24, 2.45) is 0 Å². The van der Waals surface area contributed by atoms with E-state index in [0.29, 0.717) is 0 Å². The Hall–Kier alpha value is -7.92. The molecule has 3 nitrogen and oxygen atoms in total. The van der Waals surface area contributed by atoms with Crippen molar-refractivity contribution in [1.29, 1.82) is 0 Å². The summed E-state index contributed by atoms with van der Waals surface area (Å²) in [6.07, 6.45) is 0. The summed E-state index contributed by atoms with van der Waals surface area (Å²) in [6, 6.07) is 82.1. The van der Waals surface area contributed by atoms with Gasteiger partial charge in [-0.1, -0.05) is 140 Å². The maximum atomic E-state index is 2.49. The van der Waals surface area contributed by atoms with E-state index in [1.807, 2.05) is 11.3 Å². The molecule has 3 heterocycles. The van der Waals surface area contributed by atoms with Crippen LogP contribution in [0.2, 0.25) is 0 Å². The number of aromatic nitrogens is 2. The third-order valence-electron chi connectivity index (χ3n) is 12.7. The van der Waals surface area contributed by atoms with Crippen molar-refractivity contribution in [1.82, 2.24) is 9.13 Å². The quantitative estimate of drug-likeness (QED) is 0.163. The molecular formula is C58H37N3S. The first kappa shape index (κ1) is 34.9. The van der Waals surface area contributed by atoms with Gasteiger partial charge in [-0.2, -0.15) is 0 Å². The molecule has 0 aliphatic rings. The second kappa shape index (κ2) is 13.8. The van der Waals surface area contributed by atoms with Crippen molar-refractivity contribution in [3.63, 3.8) is 0 Å². The van der Waals surface area contributed by atoms with Crippen LogP contribution in [0.15, 0.2) is 224 Å². The lowest BCUT2D eigenvalue weighted by atomic mass is 10.0. The lowest BCUT2D eigenvalue weighted by molar-refractivity contribution is 1.18. The average molecular weight is 808 g/mol. The summed E-state index contributed by atoms with van der Waals surface area (Å²) in [4.78, 5) is 2.49. The minimum absolute atomic E-state index is 1.11. The number of rotatable bonds is 6. The maximum Gasteiger partial charge on any atom is 0.0562 e. The Balaban J connectivity index is 0.970. The number of nitrogens with zero attached hydrogens (tertiary/aromatic N) is 3. The Morgan fingerprint density at radius 1 is 0.306 bits per heavy atom. The highest BCUT2D eigenvalue weighted by Gasteiger charge is 2.24. The predicted octanol–water partition coefficient (Wildman–Crippen LogP) is 16.5. The second-order valence-electron chi connectivity index (χ2n) is 16.1. The molecule has 290 valence electrons. The fourth-order valence-corrected chi connectivity index (χ4v) is 11.1. The molecule has 13 aromatic rings. The summed E-state index contributed by atoms with van der Waals surface area (Å²) in [5.41, 5.74) is 12.9. The van der Waals surface area contributed by atoms with Gasteiger partial charge in [-0.05, 0) is 107 Å². The van der Waals surface area contributed by atoms with Crippen LogP contribution in [0.1, 0.15) is 0 Å². The Labute approximate surface area is 362 Å². The van der Waals surface area contributed by atoms with Gasteiger partial charge in [0.1, 0.15) is 0 Å². The summed E-state index contributed by atoms with van der Waals surface area (Å²) >= 11 is 1.86. The van der Waals surface area contributed by atoms with Gasteiger partial charge >= 0.3 is 0 Å². The fraction of sp³-hybridized carbons (Fsp3) is 0. The van der Waals surface area contributed by atoms with E-state index in [1.165, 1.54) is 91.4 Å². The van der Waals surface area contributed by atoms with Crippen LogP contribution < -0.4 is 4.90 Å². The van der Waals surface area contributed by atoms with Gasteiger partial charge in [-0.15, -0.1) is 11.3 Å². The van der Waals surface area contributed by atoms with Crippen LogP contribution in [0.3, 0.4) is 0 Å². The number of para-hydroxylation sites is 3. The van der Waals surface area contributed by atoms with Gasteiger partial charge in [0, 0.05) is 58.8 Å². The van der Waals surface area contributed by atoms with E-state index in [-0.39, 0.29) is 0 Å². The van der Waals surface area contributed by atoms with E-state index in [9.17, 15) is 0 Å². The molecule has 0 aliphatic carbocycles. The van der Waals surface area contributed by atoms with Crippen LogP contribution in [0.5, 0.6) is 0 Å². The van der Waals surface area contributed by atoms with Crippen LogP contribution in [0.4, 0.5) is 17.1 Å². The van der Waals surface area contributed by atoms with Crippen LogP contribution in [0, 0.1) is 0 Å². The van der Waals surface area contributed by atoms with Crippen LogP contribution >= 0.6 is 11.3 Å². The zero-order chi connectivity index (χ0) is 40.7. The second-order valence-corrected chi connectivity index (χ2v) is 17.2. The topological polar surface area (TPSA) is 13.1 Å². The monoisotopic (exact) mass is 807 g/mol. The Kier molecular flexibility index (Phi) is 7.78. The van der Waals surface area contributed by atoms with Crippen LogP contribution in [0.25, 0.3) is 97.1 Å². The molecule has 0 amide bonds. The van der Waals surface area contributed by atoms with Crippen molar-refractivity contribution >= 4 is 103 Å². The van der Waals surface area contributed by atoms with E-state index in [1.54, 1.807) is 0 Å². The summed E-state index contributed by atoms with van der Waals surface area (Å²) in [6.45, 7) is 0. The van der Waals surface area contributed by atoms with Gasteiger partial charge in [-0.25, -0.2) is 0 Å². The molecule has 10 aromatic carbocycles. The number of benzene rings is 10. The number of fused-ring (bicyclic) bond motifs is 11. The third kappa shape index (κ3) is 5.24. The predicted molar refractivity (Wildman–Crippen MR) is 266 cm³/mol. The molecule has 4 heteroatoms. The van der Waals surface area contributed by atoms with E-state index in [4.69, 9.17) is 0 Å². The smallest absolute Gasteiger partial charge is 0.0562 e. The molecule has 0 bridgehead atoms. The highest BCUT2D eigenvalue weighted by molar-refractivity contribution is 7.26. The van der Waals surface area contributed by atoms with Gasteiger partial charge < -0.3 is 14.0 Å². The van der Waals surface area contributed by atoms with Crippen molar-refractivity contribution in [3.8, 4) is 22.5 Å². The molecule has 0 atom stereocenters. The van der Waals surface area contributed by atoms with Crippen molar-refractivity contribution in [2.45, 2.75) is 0 Å². The van der Waals surface area contributed by atoms with Crippen molar-refractivity contribution in [2.75, 3.05) is 4.90 Å². The molecule has 3 aromatic heterocycles. The summed E-state index contributed by atoms with van der Waals surface area (Å²) in [5.74, 6) is 0. The average Bonchev–Trinajstić information content (AvgIpc) is 4.01. The van der Waals surface area contributed by atoms with E-state index in [0.717, 1.165) is 22.7 Å². The molecule has 0 fully saturated rings. The highest BCUT2D eigenvalue weighted by Crippen LogP contribution is 2.48. The normalized spacial score (nSPS) is 11.9. The molecular weight excluding hydrogens is 771 g/mol. The first-order valence-electron chi connectivity index (χ1n) is 21.2. The molecule has 0 saturated carbocycles. The minimum Gasteiger partial charge on any atom is -0.309 e. The summed E-state index contributed by atoms with van der Waals surface area (Å²) in [5, 5.41) is 10.1. The summed E-state index contributed by atoms with van der Waals surface area (Å²) in [7, 11) is 0. The zero-order valence-corrected chi connectivity index (χ0v) is 34.4. The van der Waals surface area contributed by atoms with E-state index >= 15 is 0 Å². The van der Waals surface area contributed by atoms with Gasteiger partial charge in [0.2, 0.25) is 0 Å². The maximum absolute atomic E-state index is 2.49. The number of thiophene rings is 1. The Morgan fingerprint density at radius 2 is 0.823 bits per heavy atom. The molecule has 0 spiro atoms. The molecule has 0 saturated heterocycles. The van der Waals surface area contributed by atoms with Crippen LogP contribution in [-0.4, -0.2) is 9.13 Å². The Bertz CT molecular complexity index is 3850. The molecule has 0 aliphatic heterocycles. The van der Waals surface area contributed by atoms with Crippen LogP contribution in [-0.2, 0) is 0 Å². The SMILES string of the molecule is c1ccc(-n2c3ccccc3c3c(N(c4ccc(-c5ccc(-n6c7ccccc7c7c8ccccc8ccc76)cc5)cc4)c4cccc5sc6ccccc6c45)cccc32)cc1. The minimum atomic E-state index is 1.11. The Morgan fingerprint density at radius 3 is 1.56 bits per heavy atom. The number of anilines is 3. The highest BCUT2D eigenvalue weighted by atomic mass is 32.1. The lowest BCUT2D eigenvalue weighted by Gasteiger charge is -2.27.